The normalized spacial score (nSPS) is 13.1. The van der Waals surface area contributed by atoms with Crippen molar-refractivity contribution in [1.82, 2.24) is 10.6 Å². The first-order chi connectivity index (χ1) is 12.1. The third-order valence-corrected chi connectivity index (χ3v) is 3.97. The molecule has 0 spiro atoms. The maximum Gasteiger partial charge on any atom is 0.217 e. The average Bonchev–Trinajstić information content (AvgIpc) is 2.62. The monoisotopic (exact) mass is 342 g/mol. The minimum atomic E-state index is -0.685. The summed E-state index contributed by atoms with van der Waals surface area (Å²) in [6.07, 6.45) is -0.0997. The highest BCUT2D eigenvalue weighted by molar-refractivity contribution is 5.73. The van der Waals surface area contributed by atoms with Gasteiger partial charge in [0.1, 0.15) is 5.75 Å². The zero-order valence-corrected chi connectivity index (χ0v) is 14.7. The number of hydrogen-bond donors (Lipinski definition) is 3. The van der Waals surface area contributed by atoms with E-state index in [1.807, 2.05) is 54.6 Å². The van der Waals surface area contributed by atoms with Crippen LogP contribution in [-0.2, 0) is 17.8 Å². The predicted octanol–water partition coefficient (Wildman–Crippen LogP) is 1.89. The molecule has 0 aliphatic rings. The summed E-state index contributed by atoms with van der Waals surface area (Å²) in [5.41, 5.74) is 2.15. The van der Waals surface area contributed by atoms with Crippen molar-refractivity contribution >= 4 is 5.91 Å². The topological polar surface area (TPSA) is 70.6 Å². The maximum absolute atomic E-state index is 11.5. The van der Waals surface area contributed by atoms with Crippen molar-refractivity contribution in [1.29, 1.82) is 0 Å². The van der Waals surface area contributed by atoms with E-state index in [-0.39, 0.29) is 11.9 Å². The number of carbonyl (C=O) groups excluding carboxylic acids is 1. The zero-order chi connectivity index (χ0) is 18.1. The van der Waals surface area contributed by atoms with E-state index in [4.69, 9.17) is 4.74 Å². The lowest BCUT2D eigenvalue weighted by molar-refractivity contribution is -0.120. The Morgan fingerprint density at radius 2 is 1.84 bits per heavy atom. The molecule has 0 radical (unpaired) electrons. The van der Waals surface area contributed by atoms with Gasteiger partial charge in [0.15, 0.2) is 0 Å². The fourth-order valence-corrected chi connectivity index (χ4v) is 2.70. The summed E-state index contributed by atoms with van der Waals surface area (Å²) in [6.45, 7) is 2.47. The maximum atomic E-state index is 11.5. The van der Waals surface area contributed by atoms with Crippen molar-refractivity contribution in [2.24, 2.45) is 0 Å². The van der Waals surface area contributed by atoms with Gasteiger partial charge in [0.2, 0.25) is 5.91 Å². The summed E-state index contributed by atoms with van der Waals surface area (Å²) < 4.78 is 5.21. The average molecular weight is 342 g/mol. The Balaban J connectivity index is 1.89. The van der Waals surface area contributed by atoms with Crippen molar-refractivity contribution in [3.05, 3.63) is 65.7 Å². The highest BCUT2D eigenvalue weighted by atomic mass is 16.5. The third-order valence-electron chi connectivity index (χ3n) is 3.97. The summed E-state index contributed by atoms with van der Waals surface area (Å²) in [5.74, 6) is 0.660. The van der Waals surface area contributed by atoms with Gasteiger partial charge in [-0.2, -0.15) is 0 Å². The molecule has 5 heteroatoms. The summed E-state index contributed by atoms with van der Waals surface area (Å²) in [4.78, 5) is 11.5. The van der Waals surface area contributed by atoms with Gasteiger partial charge in [-0.25, -0.2) is 0 Å². The van der Waals surface area contributed by atoms with Crippen LogP contribution in [0.15, 0.2) is 54.6 Å². The molecule has 2 unspecified atom stereocenters. The van der Waals surface area contributed by atoms with Crippen LogP contribution in [0.1, 0.15) is 18.1 Å². The van der Waals surface area contributed by atoms with Crippen LogP contribution in [0.4, 0.5) is 0 Å². The van der Waals surface area contributed by atoms with Crippen molar-refractivity contribution < 1.29 is 14.6 Å². The fourth-order valence-electron chi connectivity index (χ4n) is 2.70. The van der Waals surface area contributed by atoms with Crippen LogP contribution in [0.25, 0.3) is 0 Å². The molecule has 25 heavy (non-hydrogen) atoms. The molecule has 5 nitrogen and oxygen atoms in total. The molecule has 2 atom stereocenters. The van der Waals surface area contributed by atoms with E-state index in [1.54, 1.807) is 7.11 Å². The molecule has 0 aromatic heterocycles. The van der Waals surface area contributed by atoms with Crippen molar-refractivity contribution in [3.8, 4) is 5.75 Å². The minimum Gasteiger partial charge on any atom is -0.497 e. The Morgan fingerprint density at radius 1 is 1.12 bits per heavy atom. The molecule has 0 aliphatic carbocycles. The molecule has 3 N–H and O–H groups in total. The Hall–Kier alpha value is -2.37. The minimum absolute atomic E-state index is 0.146. The van der Waals surface area contributed by atoms with E-state index in [0.717, 1.165) is 16.9 Å². The number of ether oxygens (including phenoxy) is 1. The van der Waals surface area contributed by atoms with Crippen molar-refractivity contribution in [3.63, 3.8) is 0 Å². The number of benzene rings is 2. The van der Waals surface area contributed by atoms with Gasteiger partial charge in [-0.05, 0) is 29.7 Å². The Kier molecular flexibility index (Phi) is 7.44. The van der Waals surface area contributed by atoms with Crippen LogP contribution in [0.2, 0.25) is 0 Å². The van der Waals surface area contributed by atoms with Crippen molar-refractivity contribution in [2.75, 3.05) is 13.7 Å². The number of aliphatic hydroxyl groups is 1. The number of aliphatic hydroxyl groups excluding tert-OH is 1. The van der Waals surface area contributed by atoms with E-state index in [1.165, 1.54) is 6.92 Å². The second-order valence-electron chi connectivity index (χ2n) is 6.05. The highest BCUT2D eigenvalue weighted by Crippen LogP contribution is 2.12. The first-order valence-electron chi connectivity index (χ1n) is 8.41. The first kappa shape index (κ1) is 19.0. The van der Waals surface area contributed by atoms with E-state index in [9.17, 15) is 9.90 Å². The SMILES string of the molecule is COc1cccc(CNCC(O)C(Cc2ccccc2)NC(C)=O)c1. The van der Waals surface area contributed by atoms with Gasteiger partial charge < -0.3 is 20.5 Å². The lowest BCUT2D eigenvalue weighted by Gasteiger charge is -2.24. The van der Waals surface area contributed by atoms with Crippen LogP contribution in [0, 0.1) is 0 Å². The van der Waals surface area contributed by atoms with Crippen LogP contribution in [0.3, 0.4) is 0 Å². The third kappa shape index (κ3) is 6.57. The van der Waals surface area contributed by atoms with Crippen LogP contribution >= 0.6 is 0 Å². The second-order valence-corrected chi connectivity index (χ2v) is 6.05. The molecular formula is C20H26N2O3. The van der Waals surface area contributed by atoms with Gasteiger partial charge in [0.25, 0.3) is 0 Å². The lowest BCUT2D eigenvalue weighted by atomic mass is 10.0. The molecular weight excluding hydrogens is 316 g/mol. The van der Waals surface area contributed by atoms with Gasteiger partial charge in [0, 0.05) is 20.0 Å². The van der Waals surface area contributed by atoms with E-state index in [2.05, 4.69) is 10.6 Å². The van der Waals surface area contributed by atoms with E-state index in [0.29, 0.717) is 19.5 Å². The molecule has 0 saturated heterocycles. The predicted molar refractivity (Wildman–Crippen MR) is 98.5 cm³/mol. The number of amides is 1. The molecule has 2 rings (SSSR count). The second kappa shape index (κ2) is 9.81. The van der Waals surface area contributed by atoms with Gasteiger partial charge in [0.05, 0.1) is 19.3 Å². The smallest absolute Gasteiger partial charge is 0.217 e. The summed E-state index contributed by atoms with van der Waals surface area (Å²) in [7, 11) is 1.64. The highest BCUT2D eigenvalue weighted by Gasteiger charge is 2.20. The van der Waals surface area contributed by atoms with Gasteiger partial charge in [-0.3, -0.25) is 4.79 Å². The molecule has 2 aromatic carbocycles. The molecule has 0 heterocycles. The molecule has 1 amide bonds. The van der Waals surface area contributed by atoms with E-state index < -0.39 is 6.10 Å². The molecule has 0 saturated carbocycles. The Bertz CT molecular complexity index is 661. The number of hydrogen-bond acceptors (Lipinski definition) is 4. The largest absolute Gasteiger partial charge is 0.497 e. The molecule has 0 fully saturated rings. The number of nitrogens with one attached hydrogen (secondary N) is 2. The molecule has 0 bridgehead atoms. The van der Waals surface area contributed by atoms with Crippen molar-refractivity contribution in [2.45, 2.75) is 32.0 Å². The number of carbonyl (C=O) groups is 1. The summed E-state index contributed by atoms with van der Waals surface area (Å²) >= 11 is 0. The zero-order valence-electron chi connectivity index (χ0n) is 14.7. The van der Waals surface area contributed by atoms with Gasteiger partial charge in [-0.1, -0.05) is 42.5 Å². The fraction of sp³-hybridized carbons (Fsp3) is 0.350. The quantitative estimate of drug-likeness (QED) is 0.651. The van der Waals surface area contributed by atoms with Crippen LogP contribution in [-0.4, -0.2) is 36.8 Å². The number of methoxy groups -OCH3 is 1. The van der Waals surface area contributed by atoms with Gasteiger partial charge >= 0.3 is 0 Å². The van der Waals surface area contributed by atoms with Crippen LogP contribution < -0.4 is 15.4 Å². The van der Waals surface area contributed by atoms with E-state index >= 15 is 0 Å². The molecule has 2 aromatic rings. The van der Waals surface area contributed by atoms with Gasteiger partial charge in [-0.15, -0.1) is 0 Å². The molecule has 0 aliphatic heterocycles. The Labute approximate surface area is 149 Å². The molecule has 134 valence electrons. The lowest BCUT2D eigenvalue weighted by Crippen LogP contribution is -2.48. The summed E-state index contributed by atoms with van der Waals surface area (Å²) in [6, 6.07) is 17.3. The summed E-state index contributed by atoms with van der Waals surface area (Å²) in [5, 5.41) is 16.6. The number of rotatable bonds is 9. The Morgan fingerprint density at radius 3 is 2.52 bits per heavy atom. The first-order valence-corrected chi connectivity index (χ1v) is 8.41. The standard InChI is InChI=1S/C20H26N2O3/c1-15(23)22-19(12-16-7-4-3-5-8-16)20(24)14-21-13-17-9-6-10-18(11-17)25-2/h3-11,19-21,24H,12-14H2,1-2H3,(H,22,23). The van der Waals surface area contributed by atoms with Crippen LogP contribution in [0.5, 0.6) is 5.75 Å².